The fourth-order valence-electron chi connectivity index (χ4n) is 3.69. The molecule has 1 fully saturated rings. The summed E-state index contributed by atoms with van der Waals surface area (Å²) in [4.78, 5) is 26.3. The van der Waals surface area contributed by atoms with Gasteiger partial charge in [-0.25, -0.2) is 0 Å². The topological polar surface area (TPSA) is 61.9 Å². The molecule has 128 valence electrons. The maximum absolute atomic E-state index is 12.5. The lowest BCUT2D eigenvalue weighted by Crippen LogP contribution is -2.38. The van der Waals surface area contributed by atoms with E-state index in [0.717, 1.165) is 43.4 Å². The van der Waals surface area contributed by atoms with E-state index in [4.69, 9.17) is 0 Å². The quantitative estimate of drug-likeness (QED) is 0.796. The number of likely N-dealkylation sites (tertiary alicyclic amines) is 1. The Morgan fingerprint density at radius 2 is 1.96 bits per heavy atom. The van der Waals surface area contributed by atoms with Gasteiger partial charge in [0.05, 0.1) is 11.0 Å². The fraction of sp³-hybridized carbons (Fsp3) is 0.350. The van der Waals surface area contributed by atoms with Gasteiger partial charge in [-0.05, 0) is 60.6 Å². The molecule has 0 aromatic carbocycles. The third-order valence-electron chi connectivity index (χ3n) is 5.13. The molecule has 0 atom stereocenters. The molecule has 0 spiro atoms. The number of hydrogen-bond donors (Lipinski definition) is 1. The molecule has 0 unspecified atom stereocenters. The number of amides is 1. The van der Waals surface area contributed by atoms with Gasteiger partial charge in [-0.3, -0.25) is 14.8 Å². The van der Waals surface area contributed by atoms with Crippen molar-refractivity contribution in [3.05, 3.63) is 60.2 Å². The van der Waals surface area contributed by atoms with Crippen molar-refractivity contribution in [2.75, 3.05) is 13.1 Å². The predicted octanol–water partition coefficient (Wildman–Crippen LogP) is 3.30. The second-order valence-corrected chi connectivity index (χ2v) is 6.65. The molecule has 0 bridgehead atoms. The van der Waals surface area contributed by atoms with Gasteiger partial charge in [0.15, 0.2) is 0 Å². The number of H-pyrrole nitrogens is 1. The van der Waals surface area contributed by atoms with E-state index in [1.807, 2.05) is 29.3 Å². The second kappa shape index (κ2) is 7.05. The Balaban J connectivity index is 1.34. The molecule has 1 amide bonds. The van der Waals surface area contributed by atoms with Gasteiger partial charge in [0.2, 0.25) is 5.91 Å². The molecule has 1 N–H and O–H groups in total. The van der Waals surface area contributed by atoms with E-state index in [1.54, 1.807) is 12.4 Å². The van der Waals surface area contributed by atoms with E-state index < -0.39 is 0 Å². The zero-order valence-electron chi connectivity index (χ0n) is 14.2. The zero-order chi connectivity index (χ0) is 17.1. The molecular weight excluding hydrogens is 312 g/mol. The van der Waals surface area contributed by atoms with Gasteiger partial charge >= 0.3 is 0 Å². The van der Waals surface area contributed by atoms with Crippen LogP contribution in [-0.4, -0.2) is 38.8 Å². The number of rotatable bonds is 4. The Morgan fingerprint density at radius 1 is 1.16 bits per heavy atom. The molecule has 5 nitrogen and oxygen atoms in total. The summed E-state index contributed by atoms with van der Waals surface area (Å²) >= 11 is 0. The lowest BCUT2D eigenvalue weighted by atomic mass is 9.90. The Bertz CT molecular complexity index is 850. The van der Waals surface area contributed by atoms with Crippen LogP contribution in [0, 0.1) is 0 Å². The molecule has 1 aliphatic heterocycles. The number of pyridine rings is 2. The summed E-state index contributed by atoms with van der Waals surface area (Å²) in [7, 11) is 0. The van der Waals surface area contributed by atoms with Crippen molar-refractivity contribution in [3.8, 4) is 0 Å². The molecule has 4 heterocycles. The third-order valence-corrected chi connectivity index (χ3v) is 5.13. The van der Waals surface area contributed by atoms with Crippen molar-refractivity contribution in [1.29, 1.82) is 0 Å². The van der Waals surface area contributed by atoms with E-state index in [0.29, 0.717) is 12.3 Å². The maximum Gasteiger partial charge on any atom is 0.222 e. The maximum atomic E-state index is 12.5. The first kappa shape index (κ1) is 15.8. The standard InChI is InChI=1S/C20H22N4O/c25-19(4-3-15-5-10-21-11-6-15)24-12-7-16(8-13-24)17-14-23-18-2-1-9-22-20(17)18/h1-2,5-6,9-11,14,16,23H,3-4,7-8,12-13H2. The molecule has 0 radical (unpaired) electrons. The molecule has 4 rings (SSSR count). The van der Waals surface area contributed by atoms with Gasteiger partial charge in [0, 0.05) is 44.3 Å². The van der Waals surface area contributed by atoms with Gasteiger partial charge in [-0.2, -0.15) is 0 Å². The van der Waals surface area contributed by atoms with Crippen molar-refractivity contribution in [2.45, 2.75) is 31.6 Å². The van der Waals surface area contributed by atoms with Crippen LogP contribution < -0.4 is 0 Å². The second-order valence-electron chi connectivity index (χ2n) is 6.65. The van der Waals surface area contributed by atoms with E-state index in [-0.39, 0.29) is 5.91 Å². The van der Waals surface area contributed by atoms with Crippen molar-refractivity contribution in [1.82, 2.24) is 19.9 Å². The summed E-state index contributed by atoms with van der Waals surface area (Å²) in [5.74, 6) is 0.736. The highest BCUT2D eigenvalue weighted by Crippen LogP contribution is 2.32. The molecular formula is C20H22N4O. The number of carbonyl (C=O) groups excluding carboxylic acids is 1. The number of aromatic nitrogens is 3. The highest BCUT2D eigenvalue weighted by molar-refractivity contribution is 5.79. The lowest BCUT2D eigenvalue weighted by molar-refractivity contribution is -0.132. The number of aryl methyl sites for hydroxylation is 1. The SMILES string of the molecule is O=C(CCc1ccncc1)N1CCC(c2c[nH]c3cccnc23)CC1. The Hall–Kier alpha value is -2.69. The first-order valence-corrected chi connectivity index (χ1v) is 8.90. The van der Waals surface area contributed by atoms with Crippen LogP contribution in [0.15, 0.2) is 49.1 Å². The molecule has 1 aliphatic rings. The van der Waals surface area contributed by atoms with Crippen LogP contribution in [0.5, 0.6) is 0 Å². The van der Waals surface area contributed by atoms with Crippen LogP contribution in [0.25, 0.3) is 11.0 Å². The van der Waals surface area contributed by atoms with E-state index in [2.05, 4.69) is 27.2 Å². The molecule has 1 saturated heterocycles. The molecule has 3 aromatic rings. The van der Waals surface area contributed by atoms with Crippen LogP contribution in [0.3, 0.4) is 0 Å². The van der Waals surface area contributed by atoms with E-state index in [1.165, 1.54) is 11.1 Å². The summed E-state index contributed by atoms with van der Waals surface area (Å²) in [6, 6.07) is 7.96. The van der Waals surface area contributed by atoms with Crippen LogP contribution in [0.2, 0.25) is 0 Å². The van der Waals surface area contributed by atoms with Crippen molar-refractivity contribution in [3.63, 3.8) is 0 Å². The monoisotopic (exact) mass is 334 g/mol. The van der Waals surface area contributed by atoms with Crippen molar-refractivity contribution >= 4 is 16.9 Å². The molecule has 5 heteroatoms. The Labute approximate surface area is 147 Å². The highest BCUT2D eigenvalue weighted by Gasteiger charge is 2.25. The van der Waals surface area contributed by atoms with Gasteiger partial charge < -0.3 is 9.88 Å². The average molecular weight is 334 g/mol. The summed E-state index contributed by atoms with van der Waals surface area (Å²) in [5.41, 5.74) is 4.63. The largest absolute Gasteiger partial charge is 0.360 e. The van der Waals surface area contributed by atoms with Crippen LogP contribution >= 0.6 is 0 Å². The normalized spacial score (nSPS) is 15.6. The van der Waals surface area contributed by atoms with Gasteiger partial charge in [-0.1, -0.05) is 0 Å². The summed E-state index contributed by atoms with van der Waals surface area (Å²) in [6.07, 6.45) is 10.9. The third kappa shape index (κ3) is 3.40. The van der Waals surface area contributed by atoms with Gasteiger partial charge in [0.25, 0.3) is 0 Å². The number of aromatic amines is 1. The first-order valence-electron chi connectivity index (χ1n) is 8.90. The minimum absolute atomic E-state index is 0.257. The Kier molecular flexibility index (Phi) is 4.46. The number of nitrogens with zero attached hydrogens (tertiary/aromatic N) is 3. The smallest absolute Gasteiger partial charge is 0.222 e. The number of carbonyl (C=O) groups is 1. The molecule has 0 saturated carbocycles. The van der Waals surface area contributed by atoms with Crippen LogP contribution in [-0.2, 0) is 11.2 Å². The van der Waals surface area contributed by atoms with Gasteiger partial charge in [0.1, 0.15) is 0 Å². The van der Waals surface area contributed by atoms with Gasteiger partial charge in [-0.15, -0.1) is 0 Å². The average Bonchev–Trinajstić information content (AvgIpc) is 3.11. The highest BCUT2D eigenvalue weighted by atomic mass is 16.2. The van der Waals surface area contributed by atoms with Crippen molar-refractivity contribution < 1.29 is 4.79 Å². The van der Waals surface area contributed by atoms with E-state index in [9.17, 15) is 4.79 Å². The zero-order valence-corrected chi connectivity index (χ0v) is 14.2. The van der Waals surface area contributed by atoms with Crippen molar-refractivity contribution in [2.24, 2.45) is 0 Å². The number of fused-ring (bicyclic) bond motifs is 1. The Morgan fingerprint density at radius 3 is 2.76 bits per heavy atom. The summed E-state index contributed by atoms with van der Waals surface area (Å²) in [6.45, 7) is 1.67. The fourth-order valence-corrected chi connectivity index (χ4v) is 3.69. The summed E-state index contributed by atoms with van der Waals surface area (Å²) < 4.78 is 0. The molecule has 3 aromatic heterocycles. The summed E-state index contributed by atoms with van der Waals surface area (Å²) in [5, 5.41) is 0. The number of nitrogens with one attached hydrogen (secondary N) is 1. The minimum atomic E-state index is 0.257. The van der Waals surface area contributed by atoms with Crippen LogP contribution in [0.4, 0.5) is 0 Å². The number of piperidine rings is 1. The predicted molar refractivity (Wildman–Crippen MR) is 97.2 cm³/mol. The van der Waals surface area contributed by atoms with Crippen LogP contribution in [0.1, 0.15) is 36.3 Å². The molecule has 0 aliphatic carbocycles. The minimum Gasteiger partial charge on any atom is -0.360 e. The van der Waals surface area contributed by atoms with E-state index >= 15 is 0 Å². The first-order chi connectivity index (χ1) is 12.3. The number of hydrogen-bond acceptors (Lipinski definition) is 3. The molecule has 25 heavy (non-hydrogen) atoms. The lowest BCUT2D eigenvalue weighted by Gasteiger charge is -2.32.